The van der Waals surface area contributed by atoms with Crippen LogP contribution >= 0.6 is 11.3 Å². The fourth-order valence-electron chi connectivity index (χ4n) is 2.23. The van der Waals surface area contributed by atoms with E-state index in [-0.39, 0.29) is 6.61 Å². The Labute approximate surface area is 121 Å². The molecule has 0 fully saturated rings. The van der Waals surface area contributed by atoms with Crippen molar-refractivity contribution in [2.75, 3.05) is 0 Å². The lowest BCUT2D eigenvalue weighted by molar-refractivity contribution is 0.275. The maximum Gasteiger partial charge on any atom is 0.213 e. The average Bonchev–Trinajstić information content (AvgIpc) is 2.95. The number of aliphatic hydroxyl groups excluding tert-OH is 1. The van der Waals surface area contributed by atoms with Crippen molar-refractivity contribution >= 4 is 16.3 Å². The quantitative estimate of drug-likeness (QED) is 0.802. The maximum atomic E-state index is 9.66. The molecule has 0 saturated heterocycles. The van der Waals surface area contributed by atoms with E-state index in [1.807, 2.05) is 30.3 Å². The first kappa shape index (κ1) is 13.3. The highest BCUT2D eigenvalue weighted by Gasteiger charge is 2.17. The van der Waals surface area contributed by atoms with E-state index in [4.69, 9.17) is 0 Å². The molecule has 2 aromatic heterocycles. The Morgan fingerprint density at radius 2 is 2.00 bits per heavy atom. The molecule has 0 aliphatic rings. The van der Waals surface area contributed by atoms with Crippen LogP contribution in [0.5, 0.6) is 0 Å². The Bertz CT molecular complexity index is 715. The molecule has 1 N–H and O–H groups in total. The van der Waals surface area contributed by atoms with Crippen molar-refractivity contribution in [1.29, 1.82) is 0 Å². The third-order valence-corrected chi connectivity index (χ3v) is 4.05. The molecule has 0 saturated carbocycles. The fraction of sp³-hybridized carbons (Fsp3) is 0.333. The molecule has 0 amide bonds. The van der Waals surface area contributed by atoms with Crippen LogP contribution in [0, 0.1) is 5.92 Å². The molecule has 20 heavy (non-hydrogen) atoms. The zero-order chi connectivity index (χ0) is 14.1. The summed E-state index contributed by atoms with van der Waals surface area (Å²) in [6.07, 6.45) is 0.944. The van der Waals surface area contributed by atoms with Gasteiger partial charge in [-0.25, -0.2) is 9.50 Å². The summed E-state index contributed by atoms with van der Waals surface area (Å²) in [5, 5.41) is 15.3. The Hall–Kier alpha value is -1.72. The topological polar surface area (TPSA) is 50.4 Å². The summed E-state index contributed by atoms with van der Waals surface area (Å²) in [4.78, 5) is 5.49. The number of hydrogen-bond acceptors (Lipinski definition) is 4. The number of fused-ring (bicyclic) bond motifs is 1. The summed E-state index contributed by atoms with van der Waals surface area (Å²) >= 11 is 1.60. The minimum Gasteiger partial charge on any atom is -0.390 e. The molecule has 0 spiro atoms. The van der Waals surface area contributed by atoms with Gasteiger partial charge in [-0.15, -0.1) is 0 Å². The molecule has 0 radical (unpaired) electrons. The first-order valence-corrected chi connectivity index (χ1v) is 7.54. The maximum absolute atomic E-state index is 9.66. The van der Waals surface area contributed by atoms with E-state index in [1.165, 1.54) is 0 Å². The second-order valence-electron chi connectivity index (χ2n) is 5.22. The van der Waals surface area contributed by atoms with Crippen molar-refractivity contribution in [3.05, 3.63) is 41.0 Å². The summed E-state index contributed by atoms with van der Waals surface area (Å²) in [5.74, 6) is 0.567. The molecule has 3 aromatic rings. The molecule has 3 rings (SSSR count). The summed E-state index contributed by atoms with van der Waals surface area (Å²) in [6, 6.07) is 9.92. The second-order valence-corrected chi connectivity index (χ2v) is 6.26. The van der Waals surface area contributed by atoms with Gasteiger partial charge < -0.3 is 5.11 Å². The van der Waals surface area contributed by atoms with Crippen molar-refractivity contribution in [2.45, 2.75) is 26.9 Å². The summed E-state index contributed by atoms with van der Waals surface area (Å²) in [5.41, 5.74) is 2.60. The molecule has 0 aliphatic carbocycles. The van der Waals surface area contributed by atoms with Crippen LogP contribution in [0.3, 0.4) is 0 Å². The second kappa shape index (κ2) is 5.34. The number of aliphatic hydroxyl groups is 1. The fourth-order valence-corrected chi connectivity index (χ4v) is 3.35. The molecule has 0 unspecified atom stereocenters. The average molecular weight is 287 g/mol. The van der Waals surface area contributed by atoms with Gasteiger partial charge in [-0.1, -0.05) is 55.5 Å². The Kier molecular flexibility index (Phi) is 3.54. The summed E-state index contributed by atoms with van der Waals surface area (Å²) in [6.45, 7) is 4.29. The molecule has 4 nitrogen and oxygen atoms in total. The standard InChI is InChI=1S/C15H17N3OS/c1-10(2)8-13-17-18-12(9-19)14(16-15(18)20-13)11-6-4-3-5-7-11/h3-7,10,19H,8-9H2,1-2H3. The van der Waals surface area contributed by atoms with Crippen LogP contribution in [0.2, 0.25) is 0 Å². The number of imidazole rings is 1. The monoisotopic (exact) mass is 287 g/mol. The van der Waals surface area contributed by atoms with Gasteiger partial charge in [0, 0.05) is 12.0 Å². The van der Waals surface area contributed by atoms with Crippen molar-refractivity contribution in [2.24, 2.45) is 5.92 Å². The van der Waals surface area contributed by atoms with Gasteiger partial charge in [-0.3, -0.25) is 0 Å². The van der Waals surface area contributed by atoms with Gasteiger partial charge in [0.1, 0.15) is 5.01 Å². The van der Waals surface area contributed by atoms with E-state index in [2.05, 4.69) is 23.9 Å². The number of benzene rings is 1. The molecule has 1 aromatic carbocycles. The SMILES string of the molecule is CC(C)Cc1nn2c(CO)c(-c3ccccc3)nc2s1. The van der Waals surface area contributed by atoms with E-state index in [0.29, 0.717) is 5.92 Å². The minimum atomic E-state index is -0.0593. The minimum absolute atomic E-state index is 0.0593. The van der Waals surface area contributed by atoms with Crippen molar-refractivity contribution in [1.82, 2.24) is 14.6 Å². The highest BCUT2D eigenvalue weighted by atomic mass is 32.1. The number of hydrogen-bond donors (Lipinski definition) is 1. The van der Waals surface area contributed by atoms with Crippen molar-refractivity contribution < 1.29 is 5.11 Å². The van der Waals surface area contributed by atoms with E-state index in [9.17, 15) is 5.11 Å². The lowest BCUT2D eigenvalue weighted by Gasteiger charge is -2.01. The molecular weight excluding hydrogens is 270 g/mol. The van der Waals surface area contributed by atoms with Gasteiger partial charge >= 0.3 is 0 Å². The van der Waals surface area contributed by atoms with Gasteiger partial charge in [-0.2, -0.15) is 5.10 Å². The van der Waals surface area contributed by atoms with Crippen LogP contribution in [-0.2, 0) is 13.0 Å². The molecular formula is C15H17N3OS. The van der Waals surface area contributed by atoms with Gasteiger partial charge in [0.15, 0.2) is 0 Å². The molecule has 0 atom stereocenters. The molecule has 2 heterocycles. The van der Waals surface area contributed by atoms with E-state index in [0.717, 1.165) is 33.3 Å². The van der Waals surface area contributed by atoms with Crippen LogP contribution in [0.4, 0.5) is 0 Å². The zero-order valence-corrected chi connectivity index (χ0v) is 12.4. The van der Waals surface area contributed by atoms with Gasteiger partial charge in [0.2, 0.25) is 4.96 Å². The Morgan fingerprint density at radius 3 is 2.65 bits per heavy atom. The lowest BCUT2D eigenvalue weighted by atomic mass is 10.1. The normalized spacial score (nSPS) is 11.6. The van der Waals surface area contributed by atoms with E-state index < -0.39 is 0 Å². The first-order valence-electron chi connectivity index (χ1n) is 6.72. The number of aromatic nitrogens is 3. The highest BCUT2D eigenvalue weighted by molar-refractivity contribution is 7.16. The first-order chi connectivity index (χ1) is 9.69. The van der Waals surface area contributed by atoms with Gasteiger partial charge in [-0.05, 0) is 5.92 Å². The Morgan fingerprint density at radius 1 is 1.25 bits per heavy atom. The molecule has 0 aliphatic heterocycles. The van der Waals surface area contributed by atoms with E-state index in [1.54, 1.807) is 15.9 Å². The Balaban J connectivity index is 2.09. The van der Waals surface area contributed by atoms with Crippen LogP contribution in [0.1, 0.15) is 24.5 Å². The van der Waals surface area contributed by atoms with Crippen LogP contribution in [-0.4, -0.2) is 19.7 Å². The van der Waals surface area contributed by atoms with Crippen LogP contribution < -0.4 is 0 Å². The predicted octanol–water partition coefficient (Wildman–Crippen LogP) is 3.15. The number of rotatable bonds is 4. The molecule has 5 heteroatoms. The van der Waals surface area contributed by atoms with Crippen LogP contribution in [0.15, 0.2) is 30.3 Å². The highest BCUT2D eigenvalue weighted by Crippen LogP contribution is 2.27. The van der Waals surface area contributed by atoms with Gasteiger partial charge in [0.25, 0.3) is 0 Å². The van der Waals surface area contributed by atoms with Crippen molar-refractivity contribution in [3.8, 4) is 11.3 Å². The third kappa shape index (κ3) is 2.34. The van der Waals surface area contributed by atoms with Crippen molar-refractivity contribution in [3.63, 3.8) is 0 Å². The largest absolute Gasteiger partial charge is 0.390 e. The molecule has 0 bridgehead atoms. The predicted molar refractivity (Wildman–Crippen MR) is 80.8 cm³/mol. The number of nitrogens with zero attached hydrogens (tertiary/aromatic N) is 3. The lowest BCUT2D eigenvalue weighted by Crippen LogP contribution is -1.98. The van der Waals surface area contributed by atoms with Gasteiger partial charge in [0.05, 0.1) is 18.0 Å². The summed E-state index contributed by atoms with van der Waals surface area (Å²) in [7, 11) is 0. The zero-order valence-electron chi connectivity index (χ0n) is 11.6. The smallest absolute Gasteiger partial charge is 0.213 e. The van der Waals surface area contributed by atoms with E-state index >= 15 is 0 Å². The summed E-state index contributed by atoms with van der Waals surface area (Å²) < 4.78 is 1.78. The third-order valence-electron chi connectivity index (χ3n) is 3.12. The van der Waals surface area contributed by atoms with Crippen LogP contribution in [0.25, 0.3) is 16.2 Å². The molecule has 104 valence electrons.